The van der Waals surface area contributed by atoms with Crippen LogP contribution in [-0.2, 0) is 9.59 Å². The van der Waals surface area contributed by atoms with Crippen LogP contribution in [0, 0.1) is 10.5 Å². The summed E-state index contributed by atoms with van der Waals surface area (Å²) in [7, 11) is 0. The summed E-state index contributed by atoms with van der Waals surface area (Å²) in [5.74, 6) is 0.277. The van der Waals surface area contributed by atoms with Gasteiger partial charge in [0.2, 0.25) is 11.8 Å². The average Bonchev–Trinajstić information content (AvgIpc) is 3.14. The molecule has 0 radical (unpaired) electrons. The third kappa shape index (κ3) is 5.40. The van der Waals surface area contributed by atoms with Crippen molar-refractivity contribution in [3.05, 3.63) is 27.3 Å². The highest BCUT2D eigenvalue weighted by Gasteiger charge is 2.24. The number of anilines is 1. The number of likely N-dealkylation sites (tertiary alicyclic amines) is 1. The number of nitrogens with one attached hydrogen (secondary N) is 1. The SMILES string of the molecule is Cc1cc(I)ccc1NC(=O)CN1CCN(CC(=O)N2CCCC2)CC1. The molecular formula is C19H27IN4O2. The summed E-state index contributed by atoms with van der Waals surface area (Å²) in [6, 6.07) is 6.02. The number of aryl methyl sites for hydroxylation is 1. The number of amides is 2. The molecule has 142 valence electrons. The van der Waals surface area contributed by atoms with Crippen LogP contribution < -0.4 is 5.32 Å². The second-order valence-corrected chi connectivity index (χ2v) is 8.39. The molecule has 0 atom stereocenters. The molecule has 7 heteroatoms. The minimum absolute atomic E-state index is 0.0240. The highest BCUT2D eigenvalue weighted by atomic mass is 127. The van der Waals surface area contributed by atoms with Crippen LogP contribution in [0.3, 0.4) is 0 Å². The molecule has 1 N–H and O–H groups in total. The molecule has 0 unspecified atom stereocenters. The molecule has 0 saturated carbocycles. The van der Waals surface area contributed by atoms with Crippen LogP contribution in [-0.4, -0.2) is 78.9 Å². The van der Waals surface area contributed by atoms with Crippen LogP contribution in [0.4, 0.5) is 5.69 Å². The van der Waals surface area contributed by atoms with Crippen molar-refractivity contribution >= 4 is 40.1 Å². The van der Waals surface area contributed by atoms with E-state index in [9.17, 15) is 9.59 Å². The van der Waals surface area contributed by atoms with Crippen LogP contribution in [0.5, 0.6) is 0 Å². The molecule has 2 saturated heterocycles. The van der Waals surface area contributed by atoms with E-state index < -0.39 is 0 Å². The molecule has 2 aliphatic heterocycles. The van der Waals surface area contributed by atoms with E-state index in [1.165, 1.54) is 0 Å². The van der Waals surface area contributed by atoms with Crippen LogP contribution in [0.25, 0.3) is 0 Å². The highest BCUT2D eigenvalue weighted by Crippen LogP contribution is 2.17. The second-order valence-electron chi connectivity index (χ2n) is 7.15. The summed E-state index contributed by atoms with van der Waals surface area (Å²) < 4.78 is 1.16. The van der Waals surface area contributed by atoms with Gasteiger partial charge in [-0.1, -0.05) is 0 Å². The first-order valence-electron chi connectivity index (χ1n) is 9.30. The lowest BCUT2D eigenvalue weighted by Gasteiger charge is -2.34. The van der Waals surface area contributed by atoms with Crippen molar-refractivity contribution in [2.45, 2.75) is 19.8 Å². The van der Waals surface area contributed by atoms with E-state index in [1.54, 1.807) is 0 Å². The van der Waals surface area contributed by atoms with Crippen LogP contribution in [0.1, 0.15) is 18.4 Å². The van der Waals surface area contributed by atoms with Gasteiger partial charge in [-0.2, -0.15) is 0 Å². The van der Waals surface area contributed by atoms with E-state index in [2.05, 4.69) is 43.8 Å². The lowest BCUT2D eigenvalue weighted by atomic mass is 10.2. The average molecular weight is 470 g/mol. The van der Waals surface area contributed by atoms with Gasteiger partial charge in [-0.05, 0) is 66.1 Å². The summed E-state index contributed by atoms with van der Waals surface area (Å²) in [5.41, 5.74) is 1.96. The Morgan fingerprint density at radius 2 is 1.62 bits per heavy atom. The van der Waals surface area contributed by atoms with Crippen molar-refractivity contribution < 1.29 is 9.59 Å². The third-order valence-electron chi connectivity index (χ3n) is 5.11. The maximum Gasteiger partial charge on any atom is 0.238 e. The molecule has 2 aliphatic rings. The second kappa shape index (κ2) is 9.14. The van der Waals surface area contributed by atoms with Crippen LogP contribution in [0.2, 0.25) is 0 Å². The summed E-state index contributed by atoms with van der Waals surface area (Å²) in [6.07, 6.45) is 2.27. The van der Waals surface area contributed by atoms with Crippen molar-refractivity contribution in [3.8, 4) is 0 Å². The zero-order chi connectivity index (χ0) is 18.5. The van der Waals surface area contributed by atoms with Crippen molar-refractivity contribution in [1.82, 2.24) is 14.7 Å². The Labute approximate surface area is 169 Å². The van der Waals surface area contributed by atoms with Gasteiger partial charge in [-0.15, -0.1) is 0 Å². The molecule has 1 aromatic carbocycles. The van der Waals surface area contributed by atoms with E-state index in [0.717, 1.165) is 66.9 Å². The molecule has 1 aromatic rings. The molecule has 0 aromatic heterocycles. The number of piperazine rings is 1. The number of hydrogen-bond acceptors (Lipinski definition) is 4. The maximum absolute atomic E-state index is 12.3. The molecule has 0 aliphatic carbocycles. The van der Waals surface area contributed by atoms with Gasteiger partial charge < -0.3 is 10.2 Å². The molecule has 2 fully saturated rings. The molecule has 0 bridgehead atoms. The summed E-state index contributed by atoms with van der Waals surface area (Å²) in [5, 5.41) is 3.01. The molecule has 0 spiro atoms. The van der Waals surface area contributed by atoms with E-state index in [0.29, 0.717) is 13.1 Å². The van der Waals surface area contributed by atoms with Crippen LogP contribution >= 0.6 is 22.6 Å². The number of rotatable bonds is 5. The summed E-state index contributed by atoms with van der Waals surface area (Å²) in [4.78, 5) is 30.9. The molecule has 26 heavy (non-hydrogen) atoms. The maximum atomic E-state index is 12.3. The number of benzene rings is 1. The van der Waals surface area contributed by atoms with E-state index in [1.807, 2.05) is 24.0 Å². The first kappa shape index (κ1) is 19.6. The van der Waals surface area contributed by atoms with Gasteiger partial charge in [0, 0.05) is 48.5 Å². The van der Waals surface area contributed by atoms with Crippen molar-refractivity contribution in [3.63, 3.8) is 0 Å². The Kier molecular flexibility index (Phi) is 6.88. The molecule has 3 rings (SSSR count). The normalized spacial score (nSPS) is 18.9. The van der Waals surface area contributed by atoms with Gasteiger partial charge in [0.05, 0.1) is 13.1 Å². The molecule has 6 nitrogen and oxygen atoms in total. The monoisotopic (exact) mass is 470 g/mol. The molecule has 2 amide bonds. The van der Waals surface area contributed by atoms with Crippen LogP contribution in [0.15, 0.2) is 18.2 Å². The fraction of sp³-hybridized carbons (Fsp3) is 0.579. The van der Waals surface area contributed by atoms with Crippen molar-refractivity contribution in [1.29, 1.82) is 0 Å². The number of hydrogen-bond donors (Lipinski definition) is 1. The zero-order valence-corrected chi connectivity index (χ0v) is 17.5. The largest absolute Gasteiger partial charge is 0.342 e. The Balaban J connectivity index is 1.40. The standard InChI is InChI=1S/C19H27IN4O2/c1-15-12-16(20)4-5-17(15)21-18(25)13-22-8-10-23(11-9-22)14-19(26)24-6-2-3-7-24/h4-5,12H,2-3,6-11,13-14H2,1H3,(H,21,25). The predicted molar refractivity (Wildman–Crippen MR) is 111 cm³/mol. The Morgan fingerprint density at radius 1 is 1.00 bits per heavy atom. The van der Waals surface area contributed by atoms with E-state index >= 15 is 0 Å². The first-order valence-corrected chi connectivity index (χ1v) is 10.4. The van der Waals surface area contributed by atoms with Gasteiger partial charge in [0.15, 0.2) is 0 Å². The van der Waals surface area contributed by atoms with Gasteiger partial charge in [0.1, 0.15) is 0 Å². The fourth-order valence-corrected chi connectivity index (χ4v) is 4.17. The molecular weight excluding hydrogens is 443 g/mol. The Bertz CT molecular complexity index is 653. The molecule has 2 heterocycles. The summed E-state index contributed by atoms with van der Waals surface area (Å²) in [6.45, 7) is 8.09. The fourth-order valence-electron chi connectivity index (χ4n) is 3.52. The Hall–Kier alpha value is -1.19. The lowest BCUT2D eigenvalue weighted by molar-refractivity contribution is -0.132. The van der Waals surface area contributed by atoms with Crippen molar-refractivity contribution in [2.24, 2.45) is 0 Å². The van der Waals surface area contributed by atoms with Gasteiger partial charge in [-0.25, -0.2) is 0 Å². The third-order valence-corrected chi connectivity index (χ3v) is 5.78. The lowest BCUT2D eigenvalue weighted by Crippen LogP contribution is -2.51. The minimum Gasteiger partial charge on any atom is -0.342 e. The smallest absolute Gasteiger partial charge is 0.238 e. The Morgan fingerprint density at radius 3 is 2.23 bits per heavy atom. The predicted octanol–water partition coefficient (Wildman–Crippen LogP) is 1.78. The van der Waals surface area contributed by atoms with E-state index in [4.69, 9.17) is 0 Å². The minimum atomic E-state index is 0.0240. The number of carbonyl (C=O) groups excluding carboxylic acids is 2. The van der Waals surface area contributed by atoms with Gasteiger partial charge in [0.25, 0.3) is 0 Å². The highest BCUT2D eigenvalue weighted by molar-refractivity contribution is 14.1. The topological polar surface area (TPSA) is 55.9 Å². The first-order chi connectivity index (χ1) is 12.5. The van der Waals surface area contributed by atoms with Gasteiger partial charge >= 0.3 is 0 Å². The number of nitrogens with zero attached hydrogens (tertiary/aromatic N) is 3. The number of carbonyl (C=O) groups is 2. The van der Waals surface area contributed by atoms with Gasteiger partial charge in [-0.3, -0.25) is 19.4 Å². The number of halogens is 1. The van der Waals surface area contributed by atoms with Crippen molar-refractivity contribution in [2.75, 3.05) is 57.7 Å². The summed E-state index contributed by atoms with van der Waals surface area (Å²) >= 11 is 2.27. The van der Waals surface area contributed by atoms with E-state index in [-0.39, 0.29) is 11.8 Å². The zero-order valence-electron chi connectivity index (χ0n) is 15.3. The quantitative estimate of drug-likeness (QED) is 0.667.